The smallest absolute Gasteiger partial charge is 0.302 e. The average Bonchev–Trinajstić information content (AvgIpc) is 2.18. The minimum Gasteiger partial charge on any atom is -0.459 e. The fraction of sp³-hybridized carbons (Fsp3) is 0.500. The summed E-state index contributed by atoms with van der Waals surface area (Å²) in [4.78, 5) is 10.6. The maximum atomic E-state index is 10.6. The molecule has 7 nitrogen and oxygen atoms in total. The Labute approximate surface area is 119 Å². The summed E-state index contributed by atoms with van der Waals surface area (Å²) in [6.45, 7) is 8.79. The summed E-state index contributed by atoms with van der Waals surface area (Å²) in [5, 5.41) is 0. The van der Waals surface area contributed by atoms with Crippen LogP contribution in [0.25, 0.3) is 0 Å². The predicted molar refractivity (Wildman–Crippen MR) is 57.5 cm³/mol. The van der Waals surface area contributed by atoms with Crippen LogP contribution in [0.2, 0.25) is 0 Å². The van der Waals surface area contributed by atoms with E-state index in [4.69, 9.17) is 23.4 Å². The zero-order valence-corrected chi connectivity index (χ0v) is 12.6. The van der Waals surface area contributed by atoms with E-state index in [0.29, 0.717) is 6.61 Å². The summed E-state index contributed by atoms with van der Waals surface area (Å²) in [6, 6.07) is 4.25. The topological polar surface area (TPSA) is 122 Å². The second-order valence-corrected chi connectivity index (χ2v) is 4.94. The highest BCUT2D eigenvalue weighted by molar-refractivity contribution is 5.65. The molecule has 0 amide bonds. The highest BCUT2D eigenvalue weighted by Gasteiger charge is 2.11. The lowest BCUT2D eigenvalue weighted by Crippen LogP contribution is -2.68. The Morgan fingerprint density at radius 1 is 1.15 bits per heavy atom. The van der Waals surface area contributed by atoms with Crippen molar-refractivity contribution in [2.24, 2.45) is 0 Å². The molecule has 0 saturated carbocycles. The summed E-state index contributed by atoms with van der Waals surface area (Å²) in [5.41, 5.74) is 3.65. The van der Waals surface area contributed by atoms with E-state index in [2.05, 4.69) is 37.5 Å². The molecule has 0 atom stereocenters. The molecule has 0 N–H and O–H groups in total. The SMILES string of the molecule is CC(=O)OCC[n+]1c(C)cc(C)cc1C.[O-][Cl+3]([O-])([O-])[O-]. The summed E-state index contributed by atoms with van der Waals surface area (Å²) >= 11 is 0. The molecular formula is C12H18ClNO6. The number of pyridine rings is 1. The van der Waals surface area contributed by atoms with Gasteiger partial charge in [-0.25, -0.2) is 18.6 Å². The van der Waals surface area contributed by atoms with E-state index in [1.54, 1.807) is 0 Å². The Hall–Kier alpha value is -1.25. The van der Waals surface area contributed by atoms with Gasteiger partial charge in [-0.1, -0.05) is 0 Å². The van der Waals surface area contributed by atoms with Gasteiger partial charge >= 0.3 is 5.97 Å². The van der Waals surface area contributed by atoms with Gasteiger partial charge in [-0.2, -0.15) is 4.57 Å². The Balaban J connectivity index is 0.000000621. The standard InChI is InChI=1S/C12H18NO2.ClHO4/c1-9-7-10(2)13(11(3)8-9)5-6-15-12(4)14;2-1(3,4)5/h7-8H,5-6H2,1-4H3;(H,2,3,4,5)/q+1;/p-1. The average molecular weight is 308 g/mol. The van der Waals surface area contributed by atoms with Gasteiger partial charge in [0, 0.05) is 32.9 Å². The molecule has 1 aromatic heterocycles. The lowest BCUT2D eigenvalue weighted by Gasteiger charge is -2.17. The Kier molecular flexibility index (Phi) is 7.62. The van der Waals surface area contributed by atoms with E-state index in [1.165, 1.54) is 23.9 Å². The molecule has 0 saturated heterocycles. The van der Waals surface area contributed by atoms with Crippen molar-refractivity contribution in [1.82, 2.24) is 0 Å². The minimum absolute atomic E-state index is 0.224. The van der Waals surface area contributed by atoms with Crippen molar-refractivity contribution < 1.29 is 43.0 Å². The van der Waals surface area contributed by atoms with Crippen molar-refractivity contribution in [3.63, 3.8) is 0 Å². The van der Waals surface area contributed by atoms with E-state index >= 15 is 0 Å². The molecule has 0 aliphatic carbocycles. The minimum atomic E-state index is -4.94. The molecule has 0 aliphatic rings. The van der Waals surface area contributed by atoms with E-state index in [-0.39, 0.29) is 5.97 Å². The number of halogens is 1. The molecule has 0 aliphatic heterocycles. The quantitative estimate of drug-likeness (QED) is 0.426. The highest BCUT2D eigenvalue weighted by Crippen LogP contribution is 2.01. The first-order chi connectivity index (χ1) is 9.00. The van der Waals surface area contributed by atoms with Crippen LogP contribution in [-0.4, -0.2) is 12.6 Å². The molecule has 0 bridgehead atoms. The zero-order chi connectivity index (χ0) is 15.9. The largest absolute Gasteiger partial charge is 0.459 e. The number of aromatic nitrogens is 1. The maximum Gasteiger partial charge on any atom is 0.302 e. The Bertz CT molecular complexity index is 429. The summed E-state index contributed by atoms with van der Waals surface area (Å²) < 4.78 is 41.0. The number of aryl methyl sites for hydroxylation is 3. The number of nitrogens with zero attached hydrogens (tertiary/aromatic N) is 1. The van der Waals surface area contributed by atoms with Gasteiger partial charge < -0.3 is 4.74 Å². The van der Waals surface area contributed by atoms with E-state index in [9.17, 15) is 4.79 Å². The number of rotatable bonds is 3. The van der Waals surface area contributed by atoms with Crippen molar-refractivity contribution in [3.8, 4) is 0 Å². The van der Waals surface area contributed by atoms with Gasteiger partial charge in [0.2, 0.25) is 0 Å². The number of carbonyl (C=O) groups is 1. The molecule has 1 heterocycles. The molecule has 20 heavy (non-hydrogen) atoms. The van der Waals surface area contributed by atoms with Crippen LogP contribution in [0.15, 0.2) is 12.1 Å². The summed E-state index contributed by atoms with van der Waals surface area (Å²) in [7, 11) is -4.94. The third kappa shape index (κ3) is 9.65. The van der Waals surface area contributed by atoms with Crippen LogP contribution in [0.3, 0.4) is 0 Å². The Morgan fingerprint density at radius 2 is 1.55 bits per heavy atom. The zero-order valence-electron chi connectivity index (χ0n) is 11.8. The van der Waals surface area contributed by atoms with Crippen LogP contribution in [0.1, 0.15) is 23.9 Å². The van der Waals surface area contributed by atoms with Crippen LogP contribution in [-0.2, 0) is 16.1 Å². The van der Waals surface area contributed by atoms with Gasteiger partial charge in [0.25, 0.3) is 0 Å². The van der Waals surface area contributed by atoms with Crippen LogP contribution in [0.4, 0.5) is 0 Å². The summed E-state index contributed by atoms with van der Waals surface area (Å²) in [6.07, 6.45) is 0. The number of hydrogen-bond donors (Lipinski definition) is 0. The molecule has 0 radical (unpaired) electrons. The number of esters is 1. The van der Waals surface area contributed by atoms with Gasteiger partial charge in [-0.15, -0.1) is 10.2 Å². The van der Waals surface area contributed by atoms with E-state index in [0.717, 1.165) is 6.54 Å². The van der Waals surface area contributed by atoms with Crippen LogP contribution < -0.4 is 23.2 Å². The first-order valence-corrected chi connectivity index (χ1v) is 6.97. The van der Waals surface area contributed by atoms with Crippen molar-refractivity contribution in [2.45, 2.75) is 34.2 Å². The molecular weight excluding hydrogens is 290 g/mol. The summed E-state index contributed by atoms with van der Waals surface area (Å²) in [5.74, 6) is -0.224. The normalized spacial score (nSPS) is 10.6. The number of carbonyl (C=O) groups excluding carboxylic acids is 1. The highest BCUT2D eigenvalue weighted by atomic mass is 35.7. The molecule has 114 valence electrons. The lowest BCUT2D eigenvalue weighted by molar-refractivity contribution is -2.00. The molecule has 8 heteroatoms. The van der Waals surface area contributed by atoms with Crippen molar-refractivity contribution in [1.29, 1.82) is 0 Å². The lowest BCUT2D eigenvalue weighted by atomic mass is 10.2. The van der Waals surface area contributed by atoms with Gasteiger partial charge in [-0.3, -0.25) is 4.79 Å². The van der Waals surface area contributed by atoms with Crippen molar-refractivity contribution >= 4 is 5.97 Å². The van der Waals surface area contributed by atoms with Crippen LogP contribution in [0.5, 0.6) is 0 Å². The van der Waals surface area contributed by atoms with Crippen molar-refractivity contribution in [3.05, 3.63) is 29.1 Å². The third-order valence-electron chi connectivity index (χ3n) is 2.34. The molecule has 0 unspecified atom stereocenters. The van der Waals surface area contributed by atoms with Crippen LogP contribution >= 0.6 is 0 Å². The first-order valence-electron chi connectivity index (χ1n) is 5.73. The van der Waals surface area contributed by atoms with E-state index in [1.807, 2.05) is 0 Å². The number of ether oxygens (including phenoxy) is 1. The third-order valence-corrected chi connectivity index (χ3v) is 2.34. The van der Waals surface area contributed by atoms with Crippen molar-refractivity contribution in [2.75, 3.05) is 6.61 Å². The van der Waals surface area contributed by atoms with Crippen LogP contribution in [0, 0.1) is 31.0 Å². The fourth-order valence-electron chi connectivity index (χ4n) is 1.77. The van der Waals surface area contributed by atoms with Gasteiger partial charge in [0.05, 0.1) is 0 Å². The molecule has 1 rings (SSSR count). The molecule has 0 aromatic carbocycles. The number of hydrogen-bond acceptors (Lipinski definition) is 6. The monoisotopic (exact) mass is 307 g/mol. The van der Waals surface area contributed by atoms with Gasteiger partial charge in [0.15, 0.2) is 24.5 Å². The maximum absolute atomic E-state index is 10.6. The second-order valence-electron chi connectivity index (χ2n) is 4.19. The van der Waals surface area contributed by atoms with Gasteiger partial charge in [-0.05, 0) is 12.5 Å². The van der Waals surface area contributed by atoms with E-state index < -0.39 is 10.2 Å². The van der Waals surface area contributed by atoms with Gasteiger partial charge in [0.1, 0.15) is 0 Å². The fourth-order valence-corrected chi connectivity index (χ4v) is 1.77. The Morgan fingerprint density at radius 3 is 1.90 bits per heavy atom. The second kappa shape index (κ2) is 8.13. The molecule has 0 spiro atoms. The first kappa shape index (κ1) is 18.8. The predicted octanol–water partition coefficient (Wildman–Crippen LogP) is -3.29. The molecule has 1 aromatic rings. The molecule has 0 fully saturated rings.